The lowest BCUT2D eigenvalue weighted by Crippen LogP contribution is -2.26. The molecule has 5 heteroatoms. The topological polar surface area (TPSA) is 47.4 Å². The van der Waals surface area contributed by atoms with Crippen LogP contribution in [0.15, 0.2) is 42.5 Å². The van der Waals surface area contributed by atoms with Crippen LogP contribution < -0.4 is 4.74 Å². The molecule has 0 N–H and O–H groups in total. The molecule has 0 radical (unpaired) electrons. The van der Waals surface area contributed by atoms with Gasteiger partial charge in [-0.2, -0.15) is 0 Å². The van der Waals surface area contributed by atoms with E-state index in [9.17, 15) is 4.79 Å². The second-order valence-electron chi connectivity index (χ2n) is 8.68. The second-order valence-corrected chi connectivity index (χ2v) is 8.68. The Morgan fingerprint density at radius 1 is 1.10 bits per heavy atom. The molecule has 1 amide bonds. The number of ether oxygens (including phenoxy) is 1. The third kappa shape index (κ3) is 4.76. The van der Waals surface area contributed by atoms with E-state index in [0.717, 1.165) is 61.5 Å². The Morgan fingerprint density at radius 2 is 1.94 bits per heavy atom. The number of para-hydroxylation sites is 2. The molecule has 0 bridgehead atoms. The normalized spacial score (nSPS) is 16.4. The molecule has 5 nitrogen and oxygen atoms in total. The fourth-order valence-electron chi connectivity index (χ4n) is 4.52. The smallest absolute Gasteiger partial charge is 0.223 e. The number of carbonyl (C=O) groups excluding carboxylic acids is 1. The van der Waals surface area contributed by atoms with E-state index in [1.54, 1.807) is 0 Å². The summed E-state index contributed by atoms with van der Waals surface area (Å²) in [5.41, 5.74) is 4.57. The van der Waals surface area contributed by atoms with Crippen molar-refractivity contribution < 1.29 is 9.53 Å². The second kappa shape index (κ2) is 9.54. The highest BCUT2D eigenvalue weighted by Crippen LogP contribution is 2.31. The van der Waals surface area contributed by atoms with E-state index in [2.05, 4.69) is 61.7 Å². The summed E-state index contributed by atoms with van der Waals surface area (Å²) in [6.45, 7) is 9.47. The lowest BCUT2D eigenvalue weighted by atomic mass is 10.1. The largest absolute Gasteiger partial charge is 0.493 e. The Morgan fingerprint density at radius 3 is 2.74 bits per heavy atom. The number of aryl methyl sites for hydroxylation is 3. The van der Waals surface area contributed by atoms with Gasteiger partial charge in [-0.05, 0) is 50.5 Å². The third-order valence-corrected chi connectivity index (χ3v) is 6.16. The summed E-state index contributed by atoms with van der Waals surface area (Å²) < 4.78 is 8.36. The lowest BCUT2D eigenvalue weighted by molar-refractivity contribution is -0.127. The van der Waals surface area contributed by atoms with Gasteiger partial charge in [0.2, 0.25) is 5.91 Å². The van der Waals surface area contributed by atoms with E-state index < -0.39 is 0 Å². The van der Waals surface area contributed by atoms with Crippen molar-refractivity contribution in [2.75, 3.05) is 19.7 Å². The van der Waals surface area contributed by atoms with Crippen LogP contribution in [0, 0.1) is 13.8 Å². The first-order chi connectivity index (χ1) is 15.1. The van der Waals surface area contributed by atoms with Crippen LogP contribution in [0.2, 0.25) is 0 Å². The molecule has 1 aromatic heterocycles. The molecule has 0 spiro atoms. The number of nitrogens with zero attached hydrogens (tertiary/aromatic N) is 3. The molecule has 1 aliphatic heterocycles. The fourth-order valence-corrected chi connectivity index (χ4v) is 4.52. The Hall–Kier alpha value is -2.82. The van der Waals surface area contributed by atoms with Crippen LogP contribution in [0.5, 0.6) is 5.75 Å². The average molecular weight is 420 g/mol. The summed E-state index contributed by atoms with van der Waals surface area (Å²) in [6, 6.07) is 14.6. The minimum atomic E-state index is 0.164. The zero-order valence-electron chi connectivity index (χ0n) is 18.9. The van der Waals surface area contributed by atoms with Gasteiger partial charge < -0.3 is 14.2 Å². The summed E-state index contributed by atoms with van der Waals surface area (Å²) in [5, 5.41) is 0. The van der Waals surface area contributed by atoms with Gasteiger partial charge in [0.15, 0.2) is 0 Å². The number of fused-ring (bicyclic) bond motifs is 1. The molecular formula is C26H33N3O2. The first-order valence-electron chi connectivity index (χ1n) is 11.5. The number of imidazole rings is 1. The third-order valence-electron chi connectivity index (χ3n) is 6.16. The molecule has 0 aliphatic carbocycles. The van der Waals surface area contributed by atoms with Crippen LogP contribution in [-0.2, 0) is 11.3 Å². The summed E-state index contributed by atoms with van der Waals surface area (Å²) >= 11 is 0. The van der Waals surface area contributed by atoms with Crippen LogP contribution in [0.1, 0.15) is 55.5 Å². The number of likely N-dealkylation sites (tertiary alicyclic amines) is 1. The van der Waals surface area contributed by atoms with E-state index in [0.29, 0.717) is 13.0 Å². The minimum Gasteiger partial charge on any atom is -0.493 e. The molecule has 1 atom stereocenters. The molecule has 1 saturated heterocycles. The van der Waals surface area contributed by atoms with Crippen molar-refractivity contribution in [1.29, 1.82) is 0 Å². The van der Waals surface area contributed by atoms with Crippen LogP contribution >= 0.6 is 0 Å². The van der Waals surface area contributed by atoms with Crippen molar-refractivity contribution >= 4 is 16.9 Å². The zero-order valence-corrected chi connectivity index (χ0v) is 18.9. The van der Waals surface area contributed by atoms with Gasteiger partial charge in [-0.3, -0.25) is 4.79 Å². The number of amides is 1. The van der Waals surface area contributed by atoms with E-state index in [-0.39, 0.29) is 11.8 Å². The van der Waals surface area contributed by atoms with E-state index in [1.807, 2.05) is 11.0 Å². The fraction of sp³-hybridized carbons (Fsp3) is 0.462. The SMILES string of the molecule is CCCCN1C[C@H](c2nc3ccccc3n2CCCOc2ccc(C)cc2C)CC1=O. The van der Waals surface area contributed by atoms with Gasteiger partial charge in [0.05, 0.1) is 17.6 Å². The predicted octanol–water partition coefficient (Wildman–Crippen LogP) is 5.24. The van der Waals surface area contributed by atoms with E-state index in [4.69, 9.17) is 9.72 Å². The van der Waals surface area contributed by atoms with Crippen LogP contribution in [0.4, 0.5) is 0 Å². The van der Waals surface area contributed by atoms with Gasteiger partial charge >= 0.3 is 0 Å². The quantitative estimate of drug-likeness (QED) is 0.446. The summed E-state index contributed by atoms with van der Waals surface area (Å²) in [5.74, 6) is 2.42. The highest BCUT2D eigenvalue weighted by Gasteiger charge is 2.33. The van der Waals surface area contributed by atoms with Gasteiger partial charge in [-0.15, -0.1) is 0 Å². The van der Waals surface area contributed by atoms with Gasteiger partial charge in [0, 0.05) is 32.0 Å². The number of carbonyl (C=O) groups is 1. The zero-order chi connectivity index (χ0) is 21.8. The van der Waals surface area contributed by atoms with Crippen molar-refractivity contribution in [1.82, 2.24) is 14.5 Å². The van der Waals surface area contributed by atoms with Crippen molar-refractivity contribution in [3.05, 3.63) is 59.4 Å². The van der Waals surface area contributed by atoms with Crippen molar-refractivity contribution in [3.8, 4) is 5.75 Å². The monoisotopic (exact) mass is 419 g/mol. The molecule has 164 valence electrons. The maximum Gasteiger partial charge on any atom is 0.223 e. The molecule has 31 heavy (non-hydrogen) atoms. The average Bonchev–Trinajstić information content (AvgIpc) is 3.31. The highest BCUT2D eigenvalue weighted by molar-refractivity contribution is 5.80. The molecule has 0 saturated carbocycles. The Bertz CT molecular complexity index is 1060. The van der Waals surface area contributed by atoms with Gasteiger partial charge in [0.25, 0.3) is 0 Å². The predicted molar refractivity (Wildman–Crippen MR) is 125 cm³/mol. The van der Waals surface area contributed by atoms with Crippen LogP contribution in [0.3, 0.4) is 0 Å². The minimum absolute atomic E-state index is 0.164. The first-order valence-corrected chi connectivity index (χ1v) is 11.5. The van der Waals surface area contributed by atoms with Crippen LogP contribution in [0.25, 0.3) is 11.0 Å². The van der Waals surface area contributed by atoms with Crippen LogP contribution in [-0.4, -0.2) is 40.1 Å². The van der Waals surface area contributed by atoms with Gasteiger partial charge in [0.1, 0.15) is 11.6 Å². The van der Waals surface area contributed by atoms with Crippen molar-refractivity contribution in [3.63, 3.8) is 0 Å². The number of unbranched alkanes of at least 4 members (excludes halogenated alkanes) is 1. The molecule has 1 fully saturated rings. The molecule has 4 rings (SSSR count). The highest BCUT2D eigenvalue weighted by atomic mass is 16.5. The summed E-state index contributed by atoms with van der Waals surface area (Å²) in [7, 11) is 0. The first kappa shape index (κ1) is 21.4. The van der Waals surface area contributed by atoms with Crippen molar-refractivity contribution in [2.45, 2.75) is 58.9 Å². The van der Waals surface area contributed by atoms with E-state index in [1.165, 1.54) is 11.1 Å². The molecule has 3 aromatic rings. The van der Waals surface area contributed by atoms with Gasteiger partial charge in [-0.1, -0.05) is 43.2 Å². The summed E-state index contributed by atoms with van der Waals surface area (Å²) in [6.07, 6.45) is 3.62. The molecule has 0 unspecified atom stereocenters. The molecule has 1 aliphatic rings. The number of rotatable bonds is 9. The Balaban J connectivity index is 1.47. The Labute approximate surface area is 185 Å². The molecular weight excluding hydrogens is 386 g/mol. The number of aromatic nitrogens is 2. The molecule has 2 aromatic carbocycles. The summed E-state index contributed by atoms with van der Waals surface area (Å²) in [4.78, 5) is 19.5. The number of benzene rings is 2. The Kier molecular flexibility index (Phi) is 6.59. The maximum absolute atomic E-state index is 12.5. The number of hydrogen-bond acceptors (Lipinski definition) is 3. The van der Waals surface area contributed by atoms with Crippen molar-refractivity contribution in [2.24, 2.45) is 0 Å². The standard InChI is InChI=1S/C26H33N3O2/c1-4-5-13-28-18-21(17-25(28)30)26-27-22-9-6-7-10-23(22)29(26)14-8-15-31-24-12-11-19(2)16-20(24)3/h6-7,9-12,16,21H,4-5,8,13-15,17-18H2,1-3H3/t21-/m1/s1. The maximum atomic E-state index is 12.5. The number of hydrogen-bond donors (Lipinski definition) is 0. The van der Waals surface area contributed by atoms with E-state index >= 15 is 0 Å². The molecule has 2 heterocycles. The lowest BCUT2D eigenvalue weighted by Gasteiger charge is -2.17. The van der Waals surface area contributed by atoms with Gasteiger partial charge in [-0.25, -0.2) is 4.98 Å².